The van der Waals surface area contributed by atoms with Gasteiger partial charge in [0.1, 0.15) is 0 Å². The Bertz CT molecular complexity index is 312. The van der Waals surface area contributed by atoms with Gasteiger partial charge in [0.2, 0.25) is 0 Å². The lowest BCUT2D eigenvalue weighted by Gasteiger charge is -2.39. The normalized spacial score (nSPS) is 31.5. The van der Waals surface area contributed by atoms with E-state index in [4.69, 9.17) is 0 Å². The Morgan fingerprint density at radius 3 is 2.80 bits per heavy atom. The number of nitrogens with one attached hydrogen (secondary N) is 1. The van der Waals surface area contributed by atoms with Crippen LogP contribution in [0.15, 0.2) is 30.3 Å². The number of hydrogen-bond acceptors (Lipinski definition) is 2. The van der Waals surface area contributed by atoms with Crippen molar-refractivity contribution in [2.45, 2.75) is 37.8 Å². The standard InChI is InChI=1S/C13H19NO/c1-13(12(15)8-5-9-14-13)10-11-6-3-2-4-7-11/h2-4,6-7,12,14-15H,5,8-10H2,1H3. The largest absolute Gasteiger partial charge is 0.391 e. The zero-order valence-electron chi connectivity index (χ0n) is 9.24. The van der Waals surface area contributed by atoms with Crippen LogP contribution < -0.4 is 5.32 Å². The molecule has 0 aliphatic carbocycles. The zero-order valence-corrected chi connectivity index (χ0v) is 9.24. The Morgan fingerprint density at radius 1 is 1.40 bits per heavy atom. The number of benzene rings is 1. The van der Waals surface area contributed by atoms with E-state index in [1.807, 2.05) is 18.2 Å². The minimum Gasteiger partial charge on any atom is -0.391 e. The van der Waals surface area contributed by atoms with Crippen LogP contribution >= 0.6 is 0 Å². The topological polar surface area (TPSA) is 32.3 Å². The van der Waals surface area contributed by atoms with Gasteiger partial charge in [0.25, 0.3) is 0 Å². The molecule has 0 aromatic heterocycles. The van der Waals surface area contributed by atoms with Crippen LogP contribution in [-0.2, 0) is 6.42 Å². The van der Waals surface area contributed by atoms with Crippen LogP contribution in [0.4, 0.5) is 0 Å². The van der Waals surface area contributed by atoms with Gasteiger partial charge in [0.15, 0.2) is 0 Å². The van der Waals surface area contributed by atoms with Crippen LogP contribution in [0.1, 0.15) is 25.3 Å². The van der Waals surface area contributed by atoms with E-state index in [0.717, 1.165) is 25.8 Å². The maximum Gasteiger partial charge on any atom is 0.0722 e. The lowest BCUT2D eigenvalue weighted by Crippen LogP contribution is -2.57. The van der Waals surface area contributed by atoms with Crippen molar-refractivity contribution in [2.75, 3.05) is 6.54 Å². The van der Waals surface area contributed by atoms with E-state index in [-0.39, 0.29) is 11.6 Å². The monoisotopic (exact) mass is 205 g/mol. The second kappa shape index (κ2) is 4.33. The maximum atomic E-state index is 10.0. The Balaban J connectivity index is 2.09. The van der Waals surface area contributed by atoms with E-state index in [9.17, 15) is 5.11 Å². The van der Waals surface area contributed by atoms with Crippen LogP contribution in [-0.4, -0.2) is 23.3 Å². The maximum absolute atomic E-state index is 10.0. The van der Waals surface area contributed by atoms with Crippen molar-refractivity contribution in [2.24, 2.45) is 0 Å². The van der Waals surface area contributed by atoms with Crippen LogP contribution in [0.2, 0.25) is 0 Å². The fraction of sp³-hybridized carbons (Fsp3) is 0.538. The lowest BCUT2D eigenvalue weighted by molar-refractivity contribution is 0.0405. The predicted molar refractivity (Wildman–Crippen MR) is 61.8 cm³/mol. The molecule has 1 aromatic carbocycles. The highest BCUT2D eigenvalue weighted by Gasteiger charge is 2.34. The molecule has 1 aliphatic rings. The molecule has 2 N–H and O–H groups in total. The second-order valence-electron chi connectivity index (χ2n) is 4.66. The van der Waals surface area contributed by atoms with Gasteiger partial charge in [-0.1, -0.05) is 30.3 Å². The van der Waals surface area contributed by atoms with E-state index in [1.165, 1.54) is 5.56 Å². The lowest BCUT2D eigenvalue weighted by atomic mass is 9.82. The number of rotatable bonds is 2. The molecule has 0 radical (unpaired) electrons. The van der Waals surface area contributed by atoms with Gasteiger partial charge in [0, 0.05) is 5.54 Å². The van der Waals surface area contributed by atoms with Crippen molar-refractivity contribution in [1.82, 2.24) is 5.32 Å². The molecular weight excluding hydrogens is 186 g/mol. The molecule has 0 spiro atoms. The molecule has 15 heavy (non-hydrogen) atoms. The molecule has 2 nitrogen and oxygen atoms in total. The van der Waals surface area contributed by atoms with Crippen LogP contribution in [0, 0.1) is 0 Å². The Hall–Kier alpha value is -0.860. The number of aliphatic hydroxyl groups is 1. The molecule has 0 saturated carbocycles. The minimum atomic E-state index is -0.230. The number of piperidine rings is 1. The van der Waals surface area contributed by atoms with Gasteiger partial charge in [-0.3, -0.25) is 0 Å². The third kappa shape index (κ3) is 2.39. The van der Waals surface area contributed by atoms with Crippen molar-refractivity contribution in [3.8, 4) is 0 Å². The Morgan fingerprint density at radius 2 is 2.13 bits per heavy atom. The Labute approximate surface area is 91.3 Å². The van der Waals surface area contributed by atoms with Gasteiger partial charge in [-0.25, -0.2) is 0 Å². The zero-order chi connectivity index (χ0) is 10.7. The third-order valence-corrected chi connectivity index (χ3v) is 3.33. The van der Waals surface area contributed by atoms with Gasteiger partial charge >= 0.3 is 0 Å². The molecule has 1 heterocycles. The van der Waals surface area contributed by atoms with E-state index in [2.05, 4.69) is 24.4 Å². The summed E-state index contributed by atoms with van der Waals surface area (Å²) in [5.41, 5.74) is 1.13. The summed E-state index contributed by atoms with van der Waals surface area (Å²) >= 11 is 0. The first-order chi connectivity index (χ1) is 7.21. The number of aliphatic hydroxyl groups excluding tert-OH is 1. The van der Waals surface area contributed by atoms with E-state index in [0.29, 0.717) is 0 Å². The fourth-order valence-corrected chi connectivity index (χ4v) is 2.31. The highest BCUT2D eigenvalue weighted by Crippen LogP contribution is 2.23. The molecule has 1 aromatic rings. The molecule has 2 heteroatoms. The average Bonchev–Trinajstić information content (AvgIpc) is 2.24. The summed E-state index contributed by atoms with van der Waals surface area (Å²) in [5.74, 6) is 0. The first kappa shape index (κ1) is 10.7. The fourth-order valence-electron chi connectivity index (χ4n) is 2.31. The van der Waals surface area contributed by atoms with Crippen LogP contribution in [0.5, 0.6) is 0 Å². The van der Waals surface area contributed by atoms with Crippen molar-refractivity contribution >= 4 is 0 Å². The summed E-state index contributed by atoms with van der Waals surface area (Å²) in [6.07, 6.45) is 2.66. The average molecular weight is 205 g/mol. The SMILES string of the molecule is CC1(Cc2ccccc2)NCCCC1O. The van der Waals surface area contributed by atoms with Crippen LogP contribution in [0.25, 0.3) is 0 Å². The summed E-state index contributed by atoms with van der Waals surface area (Å²) in [6, 6.07) is 10.4. The predicted octanol–water partition coefficient (Wildman–Crippen LogP) is 1.73. The highest BCUT2D eigenvalue weighted by atomic mass is 16.3. The Kier molecular flexibility index (Phi) is 3.08. The first-order valence-electron chi connectivity index (χ1n) is 5.68. The van der Waals surface area contributed by atoms with Gasteiger partial charge in [-0.05, 0) is 38.3 Å². The van der Waals surface area contributed by atoms with E-state index < -0.39 is 0 Å². The van der Waals surface area contributed by atoms with E-state index in [1.54, 1.807) is 0 Å². The second-order valence-corrected chi connectivity index (χ2v) is 4.66. The first-order valence-corrected chi connectivity index (χ1v) is 5.68. The van der Waals surface area contributed by atoms with Gasteiger partial charge in [-0.15, -0.1) is 0 Å². The molecular formula is C13H19NO. The minimum absolute atomic E-state index is 0.153. The molecule has 2 rings (SSSR count). The molecule has 0 amide bonds. The molecule has 0 bridgehead atoms. The summed E-state index contributed by atoms with van der Waals surface area (Å²) in [6.45, 7) is 3.13. The van der Waals surface area contributed by atoms with Crippen molar-refractivity contribution in [3.63, 3.8) is 0 Å². The highest BCUT2D eigenvalue weighted by molar-refractivity contribution is 5.18. The molecule has 1 aliphatic heterocycles. The summed E-state index contributed by atoms with van der Waals surface area (Å²) in [5, 5.41) is 13.5. The summed E-state index contributed by atoms with van der Waals surface area (Å²) < 4.78 is 0. The van der Waals surface area contributed by atoms with Crippen molar-refractivity contribution in [1.29, 1.82) is 0 Å². The third-order valence-electron chi connectivity index (χ3n) is 3.33. The number of hydrogen-bond donors (Lipinski definition) is 2. The van der Waals surface area contributed by atoms with Crippen molar-refractivity contribution < 1.29 is 5.11 Å². The van der Waals surface area contributed by atoms with Gasteiger partial charge in [-0.2, -0.15) is 0 Å². The molecule has 1 saturated heterocycles. The van der Waals surface area contributed by atoms with Gasteiger partial charge in [0.05, 0.1) is 6.10 Å². The quantitative estimate of drug-likeness (QED) is 0.770. The van der Waals surface area contributed by atoms with E-state index >= 15 is 0 Å². The molecule has 2 atom stereocenters. The van der Waals surface area contributed by atoms with Crippen LogP contribution in [0.3, 0.4) is 0 Å². The molecule has 2 unspecified atom stereocenters. The smallest absolute Gasteiger partial charge is 0.0722 e. The summed E-state index contributed by atoms with van der Waals surface area (Å²) in [4.78, 5) is 0. The molecule has 82 valence electrons. The summed E-state index contributed by atoms with van der Waals surface area (Å²) in [7, 11) is 0. The van der Waals surface area contributed by atoms with Gasteiger partial charge < -0.3 is 10.4 Å². The van der Waals surface area contributed by atoms with Crippen molar-refractivity contribution in [3.05, 3.63) is 35.9 Å². The molecule has 1 fully saturated rings.